The maximum Gasteiger partial charge on any atom is 0.273 e. The second kappa shape index (κ2) is 10.3. The number of imide groups is 1. The lowest BCUT2D eigenvalue weighted by Crippen LogP contribution is -2.29. The van der Waals surface area contributed by atoms with Gasteiger partial charge >= 0.3 is 0 Å². The summed E-state index contributed by atoms with van der Waals surface area (Å²) < 4.78 is 7.28. The van der Waals surface area contributed by atoms with Gasteiger partial charge in [0.25, 0.3) is 17.7 Å². The molecule has 3 amide bonds. The number of benzene rings is 3. The summed E-state index contributed by atoms with van der Waals surface area (Å²) in [6.07, 6.45) is 0.00878. The van der Waals surface area contributed by atoms with Crippen molar-refractivity contribution in [1.82, 2.24) is 10.4 Å². The Balaban J connectivity index is 1.12. The van der Waals surface area contributed by atoms with E-state index < -0.39 is 12.0 Å². The Morgan fingerprint density at radius 3 is 2.46 bits per heavy atom. The van der Waals surface area contributed by atoms with Crippen molar-refractivity contribution in [3.63, 3.8) is 0 Å². The first-order valence-corrected chi connectivity index (χ1v) is 13.3. The minimum absolute atomic E-state index is 0.343. The number of anilines is 1. The van der Waals surface area contributed by atoms with Gasteiger partial charge in [0.15, 0.2) is 15.5 Å². The Morgan fingerprint density at radius 2 is 1.72 bits per heavy atom. The third-order valence-electron chi connectivity index (χ3n) is 5.92. The maximum atomic E-state index is 12.8. The average Bonchev–Trinajstić information content (AvgIpc) is 3.64. The van der Waals surface area contributed by atoms with E-state index in [2.05, 4.69) is 15.5 Å². The van der Waals surface area contributed by atoms with Crippen LogP contribution in [0.5, 0.6) is 0 Å². The van der Waals surface area contributed by atoms with Crippen molar-refractivity contribution in [2.45, 2.75) is 15.5 Å². The van der Waals surface area contributed by atoms with Gasteiger partial charge in [0, 0.05) is 0 Å². The van der Waals surface area contributed by atoms with E-state index in [0.717, 1.165) is 10.2 Å². The third kappa shape index (κ3) is 4.86. The number of rotatable bonds is 7. The minimum Gasteiger partial charge on any atom is -0.448 e. The molecule has 6 rings (SSSR count). The van der Waals surface area contributed by atoms with Gasteiger partial charge in [0.2, 0.25) is 0 Å². The first-order chi connectivity index (χ1) is 19.0. The van der Waals surface area contributed by atoms with E-state index >= 15 is 0 Å². The van der Waals surface area contributed by atoms with Gasteiger partial charge in [-0.15, -0.1) is 11.3 Å². The Labute approximate surface area is 229 Å². The molecule has 0 unspecified atom stereocenters. The highest BCUT2D eigenvalue weighted by molar-refractivity contribution is 8.01. The van der Waals surface area contributed by atoms with Gasteiger partial charge in [-0.3, -0.25) is 14.4 Å². The molecule has 0 aliphatic carbocycles. The Kier molecular flexibility index (Phi) is 6.53. The van der Waals surface area contributed by atoms with Gasteiger partial charge < -0.3 is 9.52 Å². The molecule has 0 saturated carbocycles. The molecule has 0 bridgehead atoms. The second-order valence-electron chi connectivity index (χ2n) is 8.43. The summed E-state index contributed by atoms with van der Waals surface area (Å²) >= 11 is 2.72. The zero-order chi connectivity index (χ0) is 26.9. The van der Waals surface area contributed by atoms with Crippen LogP contribution >= 0.6 is 23.1 Å². The van der Waals surface area contributed by atoms with Crippen LogP contribution in [-0.2, 0) is 4.79 Å². The number of fused-ring (bicyclic) bond motifs is 2. The van der Waals surface area contributed by atoms with Gasteiger partial charge in [0.05, 0.1) is 33.2 Å². The van der Waals surface area contributed by atoms with Crippen molar-refractivity contribution < 1.29 is 23.9 Å². The first-order valence-electron chi connectivity index (χ1n) is 11.7. The highest BCUT2D eigenvalue weighted by atomic mass is 32.2. The van der Waals surface area contributed by atoms with Crippen LogP contribution in [0.15, 0.2) is 104 Å². The molecule has 0 spiro atoms. The molecule has 1 aliphatic rings. The number of hydrazone groups is 1. The zero-order valence-corrected chi connectivity index (χ0v) is 21.6. The molecule has 0 saturated heterocycles. The van der Waals surface area contributed by atoms with Crippen LogP contribution in [0, 0.1) is 0 Å². The number of hydrogen-bond acceptors (Lipinski definition) is 9. The highest BCUT2D eigenvalue weighted by Crippen LogP contribution is 2.37. The fourth-order valence-electron chi connectivity index (χ4n) is 4.05. The number of furan rings is 1. The summed E-state index contributed by atoms with van der Waals surface area (Å²) in [7, 11) is 0. The number of nitrogens with zero attached hydrogens (tertiary/aromatic N) is 3. The molecule has 2 aromatic heterocycles. The van der Waals surface area contributed by atoms with Crippen LogP contribution in [0.4, 0.5) is 5.69 Å². The molecule has 3 aromatic carbocycles. The molecule has 11 heteroatoms. The largest absolute Gasteiger partial charge is 0.448 e. The summed E-state index contributed by atoms with van der Waals surface area (Å²) in [6, 6.07) is 24.1. The number of nitrogens with one attached hydrogen (secondary N) is 1. The summed E-state index contributed by atoms with van der Waals surface area (Å²) in [5.74, 6) is -0.941. The minimum atomic E-state index is -1.33. The first kappa shape index (κ1) is 24.7. The summed E-state index contributed by atoms with van der Waals surface area (Å²) in [5, 5.41) is 14.5. The Bertz CT molecular complexity index is 1730. The standard InChI is InChI=1S/C28H18N4O5S2/c33-24(16-6-2-1-3-7-16)25(34)31-29-15-18-11-13-23(37-18)39-28-30-21-12-10-17(14-22(21)38-28)32-26(35)19-8-4-5-9-20(19)27(32)36/h1-15,24,33H,(H,31,34)/b29-15+/t24-/m0/s1. The number of carbonyl (C=O) groups is 3. The van der Waals surface area contributed by atoms with Gasteiger partial charge in [-0.1, -0.05) is 42.5 Å². The van der Waals surface area contributed by atoms with Crippen LogP contribution < -0.4 is 10.3 Å². The van der Waals surface area contributed by atoms with Gasteiger partial charge in [-0.25, -0.2) is 15.3 Å². The van der Waals surface area contributed by atoms with E-state index in [9.17, 15) is 19.5 Å². The monoisotopic (exact) mass is 554 g/mol. The summed E-state index contributed by atoms with van der Waals surface area (Å²) in [5.41, 5.74) is 4.78. The normalized spacial score (nSPS) is 13.8. The third-order valence-corrected chi connectivity index (χ3v) is 7.92. The predicted octanol–water partition coefficient (Wildman–Crippen LogP) is 5.02. The van der Waals surface area contributed by atoms with Crippen LogP contribution in [0.2, 0.25) is 0 Å². The number of thiazole rings is 1. The summed E-state index contributed by atoms with van der Waals surface area (Å²) in [6.45, 7) is 0. The fraction of sp³-hybridized carbons (Fsp3) is 0.0357. The van der Waals surface area contributed by atoms with Gasteiger partial charge in [0.1, 0.15) is 5.76 Å². The molecule has 5 aromatic rings. The van der Waals surface area contributed by atoms with Gasteiger partial charge in [-0.2, -0.15) is 5.10 Å². The molecule has 2 N–H and O–H groups in total. The van der Waals surface area contributed by atoms with Gasteiger partial charge in [-0.05, 0) is 59.8 Å². The Hall–Kier alpha value is -4.58. The van der Waals surface area contributed by atoms with E-state index in [-0.39, 0.29) is 11.8 Å². The van der Waals surface area contributed by atoms with Crippen molar-refractivity contribution in [3.05, 3.63) is 107 Å². The molecular formula is C28H18N4O5S2. The molecule has 0 radical (unpaired) electrons. The van der Waals surface area contributed by atoms with E-state index in [1.54, 1.807) is 84.9 Å². The number of aliphatic hydroxyl groups is 1. The smallest absolute Gasteiger partial charge is 0.273 e. The van der Waals surface area contributed by atoms with Crippen molar-refractivity contribution in [3.8, 4) is 0 Å². The van der Waals surface area contributed by atoms with E-state index in [1.165, 1.54) is 34.2 Å². The van der Waals surface area contributed by atoms with Crippen molar-refractivity contribution >= 4 is 62.9 Å². The van der Waals surface area contributed by atoms with E-state index in [4.69, 9.17) is 4.42 Å². The highest BCUT2D eigenvalue weighted by Gasteiger charge is 2.36. The molecule has 9 nitrogen and oxygen atoms in total. The molecule has 39 heavy (non-hydrogen) atoms. The quantitative estimate of drug-likeness (QED) is 0.164. The molecule has 0 fully saturated rings. The molecule has 1 atom stereocenters. The van der Waals surface area contributed by atoms with Crippen molar-refractivity contribution in [1.29, 1.82) is 0 Å². The predicted molar refractivity (Wildman–Crippen MR) is 147 cm³/mol. The lowest BCUT2D eigenvalue weighted by molar-refractivity contribution is -0.129. The molecule has 1 aliphatic heterocycles. The Morgan fingerprint density at radius 1 is 1.00 bits per heavy atom. The van der Waals surface area contributed by atoms with E-state index in [0.29, 0.717) is 37.6 Å². The molecule has 192 valence electrons. The second-order valence-corrected chi connectivity index (χ2v) is 10.7. The number of carbonyl (C=O) groups excluding carboxylic acids is 3. The van der Waals surface area contributed by atoms with Crippen LogP contribution in [0.25, 0.3) is 10.2 Å². The number of aromatic nitrogens is 1. The number of amides is 3. The average molecular weight is 555 g/mol. The SMILES string of the molecule is O=C(N/N=C/c1ccc(Sc2nc3ccc(N4C(=O)c5ccccc5C4=O)cc3s2)o1)[C@@H](O)c1ccccc1. The molecule has 3 heterocycles. The topological polar surface area (TPSA) is 125 Å². The fourth-order valence-corrected chi connectivity index (χ4v) is 6.05. The van der Waals surface area contributed by atoms with Crippen LogP contribution in [0.3, 0.4) is 0 Å². The number of aliphatic hydroxyl groups excluding tert-OH is 1. The number of hydrogen-bond donors (Lipinski definition) is 2. The lowest BCUT2D eigenvalue weighted by Gasteiger charge is -2.13. The van der Waals surface area contributed by atoms with Crippen LogP contribution in [0.1, 0.15) is 38.1 Å². The maximum absolute atomic E-state index is 12.8. The zero-order valence-electron chi connectivity index (χ0n) is 20.0. The van der Waals surface area contributed by atoms with Crippen molar-refractivity contribution in [2.75, 3.05) is 4.90 Å². The van der Waals surface area contributed by atoms with E-state index in [1.807, 2.05) is 0 Å². The lowest BCUT2D eigenvalue weighted by atomic mass is 10.1. The summed E-state index contributed by atoms with van der Waals surface area (Å²) in [4.78, 5) is 43.6. The molecular weight excluding hydrogens is 536 g/mol. The van der Waals surface area contributed by atoms with Crippen molar-refractivity contribution in [2.24, 2.45) is 5.10 Å². The van der Waals surface area contributed by atoms with Crippen LogP contribution in [-0.4, -0.2) is 34.0 Å².